The van der Waals surface area contributed by atoms with Gasteiger partial charge in [0.15, 0.2) is 0 Å². The van der Waals surface area contributed by atoms with Crippen LogP contribution in [0.1, 0.15) is 31.0 Å². The monoisotopic (exact) mass is 281 g/mol. The maximum absolute atomic E-state index is 12.2. The van der Waals surface area contributed by atoms with Crippen LogP contribution in [0.4, 0.5) is 0 Å². The van der Waals surface area contributed by atoms with Crippen molar-refractivity contribution in [2.24, 2.45) is 0 Å². The second-order valence-corrected chi connectivity index (χ2v) is 6.04. The van der Waals surface area contributed by atoms with Gasteiger partial charge in [-0.05, 0) is 25.0 Å². The summed E-state index contributed by atoms with van der Waals surface area (Å²) in [6, 6.07) is 8.66. The molecule has 108 valence electrons. The van der Waals surface area contributed by atoms with Crippen LogP contribution in [0.2, 0.25) is 0 Å². The molecule has 1 atom stereocenters. The first-order valence-electron chi connectivity index (χ1n) is 7.63. The lowest BCUT2D eigenvalue weighted by molar-refractivity contribution is -0.128. The Morgan fingerprint density at radius 3 is 2.90 bits per heavy atom. The number of imidazole rings is 1. The van der Waals surface area contributed by atoms with Crippen molar-refractivity contribution in [1.82, 2.24) is 14.5 Å². The average molecular weight is 281 g/mol. The van der Waals surface area contributed by atoms with Crippen LogP contribution in [0.3, 0.4) is 0 Å². The molecule has 1 amide bonds. The van der Waals surface area contributed by atoms with Gasteiger partial charge in [-0.15, -0.1) is 6.58 Å². The van der Waals surface area contributed by atoms with Crippen LogP contribution in [0.15, 0.2) is 36.9 Å². The van der Waals surface area contributed by atoms with E-state index in [0.717, 1.165) is 29.9 Å². The van der Waals surface area contributed by atoms with E-state index in [1.165, 1.54) is 12.8 Å². The Labute approximate surface area is 124 Å². The molecule has 2 heterocycles. The van der Waals surface area contributed by atoms with Crippen LogP contribution in [0, 0.1) is 0 Å². The lowest BCUT2D eigenvalue weighted by Crippen LogP contribution is -2.27. The molecule has 4 nitrogen and oxygen atoms in total. The number of amides is 1. The fourth-order valence-corrected chi connectivity index (χ4v) is 3.37. The van der Waals surface area contributed by atoms with Gasteiger partial charge in [0.2, 0.25) is 5.91 Å². The van der Waals surface area contributed by atoms with E-state index in [4.69, 9.17) is 4.98 Å². The zero-order valence-electron chi connectivity index (χ0n) is 12.0. The van der Waals surface area contributed by atoms with E-state index in [0.29, 0.717) is 18.4 Å². The highest BCUT2D eigenvalue weighted by Gasteiger charge is 2.41. The van der Waals surface area contributed by atoms with Crippen molar-refractivity contribution < 1.29 is 4.79 Å². The summed E-state index contributed by atoms with van der Waals surface area (Å²) in [7, 11) is 0. The zero-order valence-corrected chi connectivity index (χ0v) is 12.0. The minimum absolute atomic E-state index is 0.213. The van der Waals surface area contributed by atoms with Gasteiger partial charge >= 0.3 is 0 Å². The molecule has 4 heteroatoms. The van der Waals surface area contributed by atoms with E-state index in [1.54, 1.807) is 0 Å². The second kappa shape index (κ2) is 4.72. The Morgan fingerprint density at radius 1 is 1.33 bits per heavy atom. The molecule has 0 N–H and O–H groups in total. The maximum atomic E-state index is 12.2. The molecule has 4 rings (SSSR count). The first-order valence-corrected chi connectivity index (χ1v) is 7.63. The third-order valence-electron chi connectivity index (χ3n) is 4.51. The Bertz CT molecular complexity index is 714. The standard InChI is InChI=1S/C17H19N3O/c1-2-9-19-15-6-4-3-5-14(15)18-17(19)12-10-16(21)20(11-12)13-7-8-13/h2-6,12-13H,1,7-11H2. The SMILES string of the molecule is C=CCn1c(C2CC(=O)N(C3CC3)C2)nc2ccccc21. The Kier molecular flexibility index (Phi) is 2.84. The molecule has 1 saturated carbocycles. The van der Waals surface area contributed by atoms with Crippen LogP contribution >= 0.6 is 0 Å². The molecule has 1 aromatic heterocycles. The third kappa shape index (κ3) is 2.06. The minimum Gasteiger partial charge on any atom is -0.339 e. The van der Waals surface area contributed by atoms with E-state index in [-0.39, 0.29) is 5.92 Å². The first kappa shape index (κ1) is 12.6. The van der Waals surface area contributed by atoms with Gasteiger partial charge in [0.1, 0.15) is 5.82 Å². The fourth-order valence-electron chi connectivity index (χ4n) is 3.37. The molecule has 2 fully saturated rings. The molecule has 1 aliphatic heterocycles. The van der Waals surface area contributed by atoms with Crippen molar-refractivity contribution in [2.75, 3.05) is 6.54 Å². The highest BCUT2D eigenvalue weighted by Crippen LogP contribution is 2.37. The van der Waals surface area contributed by atoms with Crippen molar-refractivity contribution in [3.63, 3.8) is 0 Å². The van der Waals surface area contributed by atoms with Crippen LogP contribution in [-0.4, -0.2) is 32.9 Å². The van der Waals surface area contributed by atoms with Gasteiger partial charge in [-0.2, -0.15) is 0 Å². The van der Waals surface area contributed by atoms with Gasteiger partial charge in [0, 0.05) is 31.5 Å². The highest BCUT2D eigenvalue weighted by atomic mass is 16.2. The number of hydrogen-bond acceptors (Lipinski definition) is 2. The van der Waals surface area contributed by atoms with Gasteiger partial charge in [0.25, 0.3) is 0 Å². The predicted octanol–water partition coefficient (Wildman–Crippen LogP) is 2.70. The van der Waals surface area contributed by atoms with E-state index in [2.05, 4.69) is 22.1 Å². The maximum Gasteiger partial charge on any atom is 0.223 e. The van der Waals surface area contributed by atoms with Gasteiger partial charge in [-0.3, -0.25) is 4.79 Å². The smallest absolute Gasteiger partial charge is 0.223 e. The largest absolute Gasteiger partial charge is 0.339 e. The molecule has 2 aliphatic rings. The van der Waals surface area contributed by atoms with Crippen LogP contribution in [0.25, 0.3) is 11.0 Å². The zero-order chi connectivity index (χ0) is 14.4. The number of carbonyl (C=O) groups is 1. The molecule has 21 heavy (non-hydrogen) atoms. The van der Waals surface area contributed by atoms with Gasteiger partial charge in [0.05, 0.1) is 11.0 Å². The molecular formula is C17H19N3O. The second-order valence-electron chi connectivity index (χ2n) is 6.04. The molecule has 1 aromatic carbocycles. The summed E-state index contributed by atoms with van der Waals surface area (Å²) in [5, 5.41) is 0. The number of likely N-dealkylation sites (tertiary alicyclic amines) is 1. The Balaban J connectivity index is 1.74. The van der Waals surface area contributed by atoms with Crippen molar-refractivity contribution in [1.29, 1.82) is 0 Å². The first-order chi connectivity index (χ1) is 10.3. The van der Waals surface area contributed by atoms with Crippen molar-refractivity contribution in [3.05, 3.63) is 42.7 Å². The number of benzene rings is 1. The van der Waals surface area contributed by atoms with Gasteiger partial charge in [-0.25, -0.2) is 4.98 Å². The molecule has 0 radical (unpaired) electrons. The normalized spacial score (nSPS) is 22.2. The summed E-state index contributed by atoms with van der Waals surface area (Å²) in [5.41, 5.74) is 2.14. The average Bonchev–Trinajstić information content (AvgIpc) is 3.17. The molecule has 1 unspecified atom stereocenters. The Hall–Kier alpha value is -2.10. The molecule has 0 spiro atoms. The Morgan fingerprint density at radius 2 is 2.14 bits per heavy atom. The summed E-state index contributed by atoms with van der Waals surface area (Å²) in [6.07, 6.45) is 4.83. The number of nitrogens with zero attached hydrogens (tertiary/aromatic N) is 3. The lowest BCUT2D eigenvalue weighted by atomic mass is 10.1. The molecule has 0 bridgehead atoms. The van der Waals surface area contributed by atoms with E-state index in [1.807, 2.05) is 24.3 Å². The highest BCUT2D eigenvalue weighted by molar-refractivity contribution is 5.81. The van der Waals surface area contributed by atoms with Crippen LogP contribution in [-0.2, 0) is 11.3 Å². The summed E-state index contributed by atoms with van der Waals surface area (Å²) in [6.45, 7) is 5.42. The summed E-state index contributed by atoms with van der Waals surface area (Å²) < 4.78 is 2.21. The number of fused-ring (bicyclic) bond motifs is 1. The van der Waals surface area contributed by atoms with Gasteiger partial charge < -0.3 is 9.47 Å². The summed E-state index contributed by atoms with van der Waals surface area (Å²) in [4.78, 5) is 19.0. The van der Waals surface area contributed by atoms with Crippen molar-refractivity contribution in [2.45, 2.75) is 37.8 Å². The van der Waals surface area contributed by atoms with Crippen LogP contribution < -0.4 is 0 Å². The number of hydrogen-bond donors (Lipinski definition) is 0. The van der Waals surface area contributed by atoms with E-state index in [9.17, 15) is 4.79 Å². The summed E-state index contributed by atoms with van der Waals surface area (Å²) in [5.74, 6) is 1.54. The lowest BCUT2D eigenvalue weighted by Gasteiger charge is -2.16. The van der Waals surface area contributed by atoms with Crippen molar-refractivity contribution >= 4 is 16.9 Å². The molecule has 1 aliphatic carbocycles. The molecule has 1 saturated heterocycles. The molecular weight excluding hydrogens is 262 g/mol. The number of carbonyl (C=O) groups excluding carboxylic acids is 1. The van der Waals surface area contributed by atoms with Gasteiger partial charge in [-0.1, -0.05) is 18.2 Å². The van der Waals surface area contributed by atoms with Crippen molar-refractivity contribution in [3.8, 4) is 0 Å². The number of aromatic nitrogens is 2. The third-order valence-corrected chi connectivity index (χ3v) is 4.51. The number of allylic oxidation sites excluding steroid dienone is 1. The van der Waals surface area contributed by atoms with Crippen LogP contribution in [0.5, 0.6) is 0 Å². The van der Waals surface area contributed by atoms with E-state index >= 15 is 0 Å². The summed E-state index contributed by atoms with van der Waals surface area (Å²) >= 11 is 0. The minimum atomic E-state index is 0.213. The number of rotatable bonds is 4. The number of para-hydroxylation sites is 2. The predicted molar refractivity (Wildman–Crippen MR) is 82.0 cm³/mol. The molecule has 2 aromatic rings. The fraction of sp³-hybridized carbons (Fsp3) is 0.412. The van der Waals surface area contributed by atoms with E-state index < -0.39 is 0 Å². The quantitative estimate of drug-likeness (QED) is 0.808. The topological polar surface area (TPSA) is 38.1 Å².